The Bertz CT molecular complexity index is 617. The Morgan fingerprint density at radius 3 is 2.39 bits per heavy atom. The standard InChI is InChI=1S/C11H14Cl3N7OS/c1-5(2)17-8-18-9(20-10(19-8)23-3)21(4-15)6(7(16)22)11(12,13)14/h5-6H,1-3H3,(H2,16,22)(H,17,18,19,20). The van der Waals surface area contributed by atoms with Crippen molar-refractivity contribution in [2.24, 2.45) is 5.73 Å². The van der Waals surface area contributed by atoms with Crippen LogP contribution < -0.4 is 16.0 Å². The molecule has 0 aliphatic carbocycles. The normalized spacial score (nSPS) is 12.6. The van der Waals surface area contributed by atoms with Gasteiger partial charge in [-0.05, 0) is 20.1 Å². The van der Waals surface area contributed by atoms with Crippen LogP contribution in [0.1, 0.15) is 13.8 Å². The van der Waals surface area contributed by atoms with Crippen LogP contribution in [0.25, 0.3) is 0 Å². The molecule has 12 heteroatoms. The fourth-order valence-electron chi connectivity index (χ4n) is 1.52. The molecule has 1 aromatic heterocycles. The molecule has 0 spiro atoms. The minimum Gasteiger partial charge on any atom is -0.368 e. The summed E-state index contributed by atoms with van der Waals surface area (Å²) in [7, 11) is 0. The summed E-state index contributed by atoms with van der Waals surface area (Å²) in [6.07, 6.45) is 3.47. The van der Waals surface area contributed by atoms with E-state index < -0.39 is 15.7 Å². The Morgan fingerprint density at radius 1 is 1.39 bits per heavy atom. The van der Waals surface area contributed by atoms with Crippen LogP contribution >= 0.6 is 46.6 Å². The number of hydrogen-bond acceptors (Lipinski definition) is 8. The minimum atomic E-state index is -2.14. The number of carbonyl (C=O) groups excluding carboxylic acids is 1. The smallest absolute Gasteiger partial charge is 0.245 e. The number of nitrogens with one attached hydrogen (secondary N) is 1. The monoisotopic (exact) mass is 397 g/mol. The van der Waals surface area contributed by atoms with Gasteiger partial charge in [0.1, 0.15) is 0 Å². The summed E-state index contributed by atoms with van der Waals surface area (Å²) in [6, 6.07) is -1.53. The van der Waals surface area contributed by atoms with Crippen molar-refractivity contribution in [3.63, 3.8) is 0 Å². The van der Waals surface area contributed by atoms with Gasteiger partial charge >= 0.3 is 0 Å². The van der Waals surface area contributed by atoms with E-state index in [2.05, 4.69) is 20.3 Å². The number of aromatic nitrogens is 3. The van der Waals surface area contributed by atoms with E-state index in [1.54, 1.807) is 12.4 Å². The van der Waals surface area contributed by atoms with Crippen molar-refractivity contribution in [1.29, 1.82) is 5.26 Å². The predicted octanol–water partition coefficient (Wildman–Crippen LogP) is 1.93. The molecule has 1 aromatic rings. The van der Waals surface area contributed by atoms with Crippen molar-refractivity contribution >= 4 is 64.4 Å². The van der Waals surface area contributed by atoms with Crippen LogP contribution in [0.15, 0.2) is 5.16 Å². The molecule has 1 unspecified atom stereocenters. The number of amides is 1. The summed E-state index contributed by atoms with van der Waals surface area (Å²) in [5, 5.41) is 12.7. The maximum Gasteiger partial charge on any atom is 0.245 e. The van der Waals surface area contributed by atoms with Gasteiger partial charge in [0.15, 0.2) is 17.4 Å². The number of halogens is 3. The fraction of sp³-hybridized carbons (Fsp3) is 0.545. The largest absolute Gasteiger partial charge is 0.368 e. The number of nitriles is 1. The van der Waals surface area contributed by atoms with Gasteiger partial charge in [0.05, 0.1) is 0 Å². The first kappa shape index (κ1) is 19.8. The van der Waals surface area contributed by atoms with Crippen molar-refractivity contribution in [3.8, 4) is 6.19 Å². The highest BCUT2D eigenvalue weighted by molar-refractivity contribution is 7.98. The third-order valence-corrected chi connectivity index (χ3v) is 3.53. The van der Waals surface area contributed by atoms with Crippen molar-refractivity contribution < 1.29 is 4.79 Å². The zero-order chi connectivity index (χ0) is 17.8. The van der Waals surface area contributed by atoms with Gasteiger partial charge in [-0.2, -0.15) is 20.2 Å². The van der Waals surface area contributed by atoms with E-state index in [0.717, 1.165) is 4.90 Å². The van der Waals surface area contributed by atoms with Gasteiger partial charge in [0.2, 0.25) is 21.6 Å². The molecule has 0 aliphatic rings. The second-order valence-electron chi connectivity index (χ2n) is 4.56. The summed E-state index contributed by atoms with van der Waals surface area (Å²) in [6.45, 7) is 3.77. The predicted molar refractivity (Wildman–Crippen MR) is 91.7 cm³/mol. The number of primary amides is 1. The molecule has 0 aromatic carbocycles. The van der Waals surface area contributed by atoms with E-state index in [1.807, 2.05) is 13.8 Å². The van der Waals surface area contributed by atoms with E-state index in [0.29, 0.717) is 5.16 Å². The number of thioether (sulfide) groups is 1. The first-order chi connectivity index (χ1) is 10.6. The molecule has 8 nitrogen and oxygen atoms in total. The highest BCUT2D eigenvalue weighted by atomic mass is 35.6. The molecular formula is C11H14Cl3N7OS. The summed E-state index contributed by atoms with van der Waals surface area (Å²) >= 11 is 18.5. The van der Waals surface area contributed by atoms with Gasteiger partial charge in [-0.3, -0.25) is 4.79 Å². The molecule has 0 saturated heterocycles. The highest BCUT2D eigenvalue weighted by Crippen LogP contribution is 2.34. The molecule has 126 valence electrons. The maximum atomic E-state index is 11.6. The molecule has 1 amide bonds. The number of alkyl halides is 3. The molecule has 0 saturated carbocycles. The summed E-state index contributed by atoms with van der Waals surface area (Å²) in [5.74, 6) is -0.928. The molecule has 0 bridgehead atoms. The maximum absolute atomic E-state index is 11.6. The van der Waals surface area contributed by atoms with Crippen LogP contribution in [0.4, 0.5) is 11.9 Å². The van der Waals surface area contributed by atoms with E-state index in [1.165, 1.54) is 11.8 Å². The van der Waals surface area contributed by atoms with Gasteiger partial charge in [0.25, 0.3) is 0 Å². The Labute approximate surface area is 152 Å². The lowest BCUT2D eigenvalue weighted by molar-refractivity contribution is -0.119. The number of carbonyl (C=O) groups is 1. The number of nitrogens with two attached hydrogens (primary N) is 1. The lowest BCUT2D eigenvalue weighted by Gasteiger charge is -2.28. The Hall–Kier alpha value is -1.21. The molecule has 1 rings (SSSR count). The van der Waals surface area contributed by atoms with Gasteiger partial charge in [-0.25, -0.2) is 4.90 Å². The van der Waals surface area contributed by atoms with Crippen molar-refractivity contribution in [3.05, 3.63) is 0 Å². The average Bonchev–Trinajstić information content (AvgIpc) is 2.41. The number of anilines is 2. The lowest BCUT2D eigenvalue weighted by atomic mass is 10.3. The molecular weight excluding hydrogens is 385 g/mol. The summed E-state index contributed by atoms with van der Waals surface area (Å²) in [4.78, 5) is 24.7. The number of hydrogen-bond donors (Lipinski definition) is 2. The molecule has 1 heterocycles. The molecule has 0 aliphatic heterocycles. The van der Waals surface area contributed by atoms with Crippen molar-refractivity contribution in [2.75, 3.05) is 16.5 Å². The fourth-order valence-corrected chi connectivity index (χ4v) is 2.49. The third-order valence-electron chi connectivity index (χ3n) is 2.36. The summed E-state index contributed by atoms with van der Waals surface area (Å²) in [5.41, 5.74) is 5.25. The Balaban J connectivity index is 3.39. The van der Waals surface area contributed by atoms with E-state index >= 15 is 0 Å². The topological polar surface area (TPSA) is 121 Å². The number of nitrogens with zero attached hydrogens (tertiary/aromatic N) is 5. The number of rotatable bonds is 6. The van der Waals surface area contributed by atoms with E-state index in [9.17, 15) is 10.1 Å². The van der Waals surface area contributed by atoms with E-state index in [4.69, 9.17) is 40.5 Å². The van der Waals surface area contributed by atoms with Crippen LogP contribution in [-0.2, 0) is 4.79 Å². The average molecular weight is 399 g/mol. The molecule has 3 N–H and O–H groups in total. The Kier molecular flexibility index (Phi) is 6.95. The highest BCUT2D eigenvalue weighted by Gasteiger charge is 2.43. The van der Waals surface area contributed by atoms with E-state index in [-0.39, 0.29) is 17.9 Å². The minimum absolute atomic E-state index is 0.0376. The lowest BCUT2D eigenvalue weighted by Crippen LogP contribution is -2.51. The van der Waals surface area contributed by atoms with Gasteiger partial charge in [0, 0.05) is 6.04 Å². The van der Waals surface area contributed by atoms with Crippen LogP contribution in [0, 0.1) is 11.5 Å². The summed E-state index contributed by atoms with van der Waals surface area (Å²) < 4.78 is -2.14. The second kappa shape index (κ2) is 8.06. The molecule has 23 heavy (non-hydrogen) atoms. The molecule has 1 atom stereocenters. The van der Waals surface area contributed by atoms with Crippen LogP contribution in [0.5, 0.6) is 0 Å². The second-order valence-corrected chi connectivity index (χ2v) is 7.70. The van der Waals surface area contributed by atoms with Crippen LogP contribution in [0.3, 0.4) is 0 Å². The van der Waals surface area contributed by atoms with Gasteiger partial charge < -0.3 is 11.1 Å². The first-order valence-corrected chi connectivity index (χ1v) is 8.57. The SMILES string of the molecule is CSc1nc(NC(C)C)nc(N(C#N)C(C(N)=O)C(Cl)(Cl)Cl)n1. The van der Waals surface area contributed by atoms with Crippen LogP contribution in [-0.4, -0.2) is 43.0 Å². The quantitative estimate of drug-likeness (QED) is 0.323. The zero-order valence-corrected chi connectivity index (χ0v) is 15.5. The van der Waals surface area contributed by atoms with Crippen molar-refractivity contribution in [1.82, 2.24) is 15.0 Å². The molecule has 0 radical (unpaired) electrons. The first-order valence-electron chi connectivity index (χ1n) is 6.21. The Morgan fingerprint density at radius 2 is 2.00 bits per heavy atom. The van der Waals surface area contributed by atoms with Gasteiger partial charge in [-0.1, -0.05) is 46.6 Å². The zero-order valence-electron chi connectivity index (χ0n) is 12.4. The van der Waals surface area contributed by atoms with Gasteiger partial charge in [-0.15, -0.1) is 0 Å². The molecule has 0 fully saturated rings. The third kappa shape index (κ3) is 5.42. The van der Waals surface area contributed by atoms with Crippen molar-refractivity contribution in [2.45, 2.75) is 34.9 Å². The van der Waals surface area contributed by atoms with Crippen LogP contribution in [0.2, 0.25) is 0 Å².